The number of nitrogens with one attached hydrogen (secondary N) is 2. The summed E-state index contributed by atoms with van der Waals surface area (Å²) >= 11 is 0. The van der Waals surface area contributed by atoms with Crippen molar-refractivity contribution in [1.82, 2.24) is 29.4 Å². The van der Waals surface area contributed by atoms with Crippen LogP contribution in [0.4, 0.5) is 11.9 Å². The van der Waals surface area contributed by atoms with Crippen LogP contribution in [-0.2, 0) is 13.1 Å². The zero-order valence-electron chi connectivity index (χ0n) is 28.7. The number of carbonyl (C=O) groups excluding carboxylic acids is 4. The molecule has 0 saturated carbocycles. The molecule has 2 aromatic carbocycles. The van der Waals surface area contributed by atoms with E-state index < -0.39 is 23.6 Å². The van der Waals surface area contributed by atoms with Gasteiger partial charge in [-0.1, -0.05) is 22.5 Å². The number of hydrogen-bond acceptors (Lipinski definition) is 13. The van der Waals surface area contributed by atoms with Crippen molar-refractivity contribution in [2.24, 2.45) is 11.5 Å². The van der Waals surface area contributed by atoms with Gasteiger partial charge in [0, 0.05) is 49.4 Å². The third kappa shape index (κ3) is 7.54. The number of nitrogens with zero attached hydrogens (tertiary/aromatic N) is 6. The van der Waals surface area contributed by atoms with Gasteiger partial charge in [0.15, 0.2) is 0 Å². The molecule has 4 amide bonds. The molecule has 0 aliphatic carbocycles. The lowest BCUT2D eigenvalue weighted by Crippen LogP contribution is -2.16. The van der Waals surface area contributed by atoms with Gasteiger partial charge in [-0.2, -0.15) is 0 Å². The number of imidazole rings is 2. The lowest BCUT2D eigenvalue weighted by atomic mass is 10.1. The van der Waals surface area contributed by atoms with E-state index in [4.69, 9.17) is 30.0 Å². The molecule has 0 aliphatic rings. The van der Waals surface area contributed by atoms with Gasteiger partial charge in [-0.3, -0.25) is 29.8 Å². The Hall–Kier alpha value is -7.02. The average Bonchev–Trinajstić information content (AvgIpc) is 3.92. The van der Waals surface area contributed by atoms with Crippen LogP contribution in [0, 0.1) is 13.8 Å². The Kier molecular flexibility index (Phi) is 10.2. The number of aliphatic hydroxyl groups excluding tert-OH is 1. The second-order valence-corrected chi connectivity index (χ2v) is 11.7. The zero-order chi connectivity index (χ0) is 37.8. The predicted molar refractivity (Wildman–Crippen MR) is 188 cm³/mol. The van der Waals surface area contributed by atoms with Crippen molar-refractivity contribution in [3.8, 4) is 11.5 Å². The quantitative estimate of drug-likeness (QED) is 0.0753. The molecule has 0 radical (unpaired) electrons. The van der Waals surface area contributed by atoms with E-state index in [1.807, 2.05) is 0 Å². The molecule has 19 heteroatoms. The van der Waals surface area contributed by atoms with Crippen molar-refractivity contribution in [2.45, 2.75) is 33.4 Å². The minimum Gasteiger partial charge on any atom is -0.494 e. The summed E-state index contributed by atoms with van der Waals surface area (Å²) in [5, 5.41) is 22.3. The van der Waals surface area contributed by atoms with Crippen molar-refractivity contribution < 1.29 is 42.8 Å². The van der Waals surface area contributed by atoms with E-state index in [-0.39, 0.29) is 72.3 Å². The van der Waals surface area contributed by atoms with Crippen LogP contribution in [-0.4, -0.2) is 78.5 Å². The maximum Gasteiger partial charge on any atom is 0.296 e. The smallest absolute Gasteiger partial charge is 0.296 e. The Labute approximate surface area is 299 Å². The van der Waals surface area contributed by atoms with Crippen molar-refractivity contribution >= 4 is 57.6 Å². The number of primary amides is 2. The summed E-state index contributed by atoms with van der Waals surface area (Å²) in [7, 11) is 1.42. The highest BCUT2D eigenvalue weighted by Crippen LogP contribution is 2.33. The van der Waals surface area contributed by atoms with Gasteiger partial charge in [0.2, 0.25) is 35.2 Å². The topological polar surface area (TPSA) is 271 Å². The summed E-state index contributed by atoms with van der Waals surface area (Å²) in [5.41, 5.74) is 13.9. The molecule has 6 rings (SSSR count). The zero-order valence-corrected chi connectivity index (χ0v) is 28.7. The third-order valence-electron chi connectivity index (χ3n) is 7.86. The number of amides is 4. The first-order valence-corrected chi connectivity index (χ1v) is 16.1. The molecule has 0 saturated heterocycles. The molecular formula is C34H34N10O9. The number of nitrogens with two attached hydrogens (primary N) is 2. The van der Waals surface area contributed by atoms with Gasteiger partial charge >= 0.3 is 0 Å². The SMILES string of the molecule is COc1cc(C(N)=O)cc2nc(NC(=O)c3cc(C)no3)n(CC=CCn3c(NC(=O)c4cc(C)no4)nc4cc(C(N)=O)cc(OCCCO)c43)c12. The first-order chi connectivity index (χ1) is 25.5. The first-order valence-electron chi connectivity index (χ1n) is 16.1. The van der Waals surface area contributed by atoms with Crippen molar-refractivity contribution in [1.29, 1.82) is 0 Å². The van der Waals surface area contributed by atoms with E-state index in [0.717, 1.165) is 0 Å². The Morgan fingerprint density at radius 2 is 1.25 bits per heavy atom. The summed E-state index contributed by atoms with van der Waals surface area (Å²) in [6.45, 7) is 3.55. The van der Waals surface area contributed by atoms with Gasteiger partial charge < -0.3 is 44.2 Å². The van der Waals surface area contributed by atoms with Gasteiger partial charge in [-0.05, 0) is 38.1 Å². The number of carbonyl (C=O) groups is 4. The van der Waals surface area contributed by atoms with Crippen LogP contribution < -0.4 is 31.6 Å². The van der Waals surface area contributed by atoms with Crippen LogP contribution in [0.3, 0.4) is 0 Å². The molecule has 0 fully saturated rings. The van der Waals surface area contributed by atoms with Gasteiger partial charge in [-0.15, -0.1) is 0 Å². The van der Waals surface area contributed by atoms with Crippen LogP contribution in [0.1, 0.15) is 59.6 Å². The molecule has 4 heterocycles. The molecule has 19 nitrogen and oxygen atoms in total. The first kappa shape index (κ1) is 35.8. The largest absolute Gasteiger partial charge is 0.494 e. The molecule has 53 heavy (non-hydrogen) atoms. The predicted octanol–water partition coefficient (Wildman–Crippen LogP) is 2.71. The van der Waals surface area contributed by atoms with Crippen molar-refractivity contribution in [3.63, 3.8) is 0 Å². The molecule has 274 valence electrons. The van der Waals surface area contributed by atoms with Gasteiger partial charge in [0.1, 0.15) is 22.5 Å². The lowest BCUT2D eigenvalue weighted by molar-refractivity contribution is 0.0979. The number of hydrogen-bond donors (Lipinski definition) is 5. The minimum absolute atomic E-state index is 0.0417. The third-order valence-corrected chi connectivity index (χ3v) is 7.86. The second kappa shape index (κ2) is 15.1. The highest BCUT2D eigenvalue weighted by Gasteiger charge is 2.23. The number of anilines is 2. The normalized spacial score (nSPS) is 11.4. The number of allylic oxidation sites excluding steroid dienone is 2. The number of aromatic nitrogens is 6. The number of aliphatic hydroxyl groups is 1. The van der Waals surface area contributed by atoms with Gasteiger partial charge in [0.25, 0.3) is 11.8 Å². The molecule has 0 aliphatic heterocycles. The fourth-order valence-corrected chi connectivity index (χ4v) is 5.43. The Bertz CT molecular complexity index is 2400. The summed E-state index contributed by atoms with van der Waals surface area (Å²) in [4.78, 5) is 59.6. The molecule has 0 bridgehead atoms. The van der Waals surface area contributed by atoms with Crippen molar-refractivity contribution in [2.75, 3.05) is 31.0 Å². The summed E-state index contributed by atoms with van der Waals surface area (Å²) in [6, 6.07) is 8.82. The number of ether oxygens (including phenoxy) is 2. The molecule has 0 atom stereocenters. The summed E-state index contributed by atoms with van der Waals surface area (Å²) < 4.78 is 25.1. The van der Waals surface area contributed by atoms with E-state index in [9.17, 15) is 24.3 Å². The fourth-order valence-electron chi connectivity index (χ4n) is 5.43. The van der Waals surface area contributed by atoms with Crippen LogP contribution in [0.5, 0.6) is 11.5 Å². The van der Waals surface area contributed by atoms with Crippen LogP contribution >= 0.6 is 0 Å². The van der Waals surface area contributed by atoms with Crippen LogP contribution in [0.25, 0.3) is 22.1 Å². The molecule has 7 N–H and O–H groups in total. The second-order valence-electron chi connectivity index (χ2n) is 11.7. The number of benzene rings is 2. The van der Waals surface area contributed by atoms with Gasteiger partial charge in [0.05, 0.1) is 36.1 Å². The van der Waals surface area contributed by atoms with Crippen molar-refractivity contribution in [3.05, 3.63) is 82.6 Å². The van der Waals surface area contributed by atoms with E-state index in [2.05, 4.69) is 30.9 Å². The van der Waals surface area contributed by atoms with Crippen LogP contribution in [0.15, 0.2) is 57.6 Å². The van der Waals surface area contributed by atoms with E-state index >= 15 is 0 Å². The molecular weight excluding hydrogens is 692 g/mol. The number of fused-ring (bicyclic) bond motifs is 2. The Morgan fingerprint density at radius 1 is 0.774 bits per heavy atom. The fraction of sp³-hybridized carbons (Fsp3) is 0.235. The van der Waals surface area contributed by atoms with Crippen LogP contribution in [0.2, 0.25) is 0 Å². The van der Waals surface area contributed by atoms with E-state index in [1.54, 1.807) is 35.1 Å². The molecule has 0 unspecified atom stereocenters. The number of rotatable bonds is 15. The maximum absolute atomic E-state index is 13.1. The molecule has 0 spiro atoms. The maximum atomic E-state index is 13.1. The standard InChI is InChI=1S/C34H34N10O9/c1-17-11-25(52-41-17)31(48)39-33-37-21-13-19(29(35)46)15-23(50-3)27(21)43(33)7-4-5-8-44-28-22(14-20(30(36)47)16-24(28)51-10-6-9-45)38-34(44)40-32(49)26-12-18(2)42-53-26/h4-5,11-16,45H,6-10H2,1-3H3,(H2,35,46)(H2,36,47)(H,37,39,48)(H,38,40,49). The molecule has 4 aromatic heterocycles. The molecule has 6 aromatic rings. The summed E-state index contributed by atoms with van der Waals surface area (Å²) in [5.74, 6) is -2.05. The Morgan fingerprint density at radius 3 is 1.66 bits per heavy atom. The minimum atomic E-state index is -0.719. The average molecular weight is 727 g/mol. The monoisotopic (exact) mass is 726 g/mol. The lowest BCUT2D eigenvalue weighted by Gasteiger charge is -2.12. The highest BCUT2D eigenvalue weighted by atomic mass is 16.5. The van der Waals surface area contributed by atoms with Gasteiger partial charge in [-0.25, -0.2) is 9.97 Å². The highest BCUT2D eigenvalue weighted by molar-refractivity contribution is 6.04. The van der Waals surface area contributed by atoms with E-state index in [1.165, 1.54) is 43.5 Å². The number of methoxy groups -OCH3 is 1. The van der Waals surface area contributed by atoms with E-state index in [0.29, 0.717) is 39.9 Å². The number of aryl methyl sites for hydroxylation is 2. The Balaban J connectivity index is 1.39. The summed E-state index contributed by atoms with van der Waals surface area (Å²) in [6.07, 6.45) is 3.83.